The van der Waals surface area contributed by atoms with Gasteiger partial charge in [0.1, 0.15) is 5.75 Å². The molecule has 0 unspecified atom stereocenters. The van der Waals surface area contributed by atoms with E-state index in [0.717, 1.165) is 12.3 Å². The lowest BCUT2D eigenvalue weighted by Crippen LogP contribution is -2.07. The predicted molar refractivity (Wildman–Crippen MR) is 94.9 cm³/mol. The van der Waals surface area contributed by atoms with Crippen molar-refractivity contribution >= 4 is 5.69 Å². The molecule has 1 N–H and O–H groups in total. The van der Waals surface area contributed by atoms with Crippen molar-refractivity contribution in [2.24, 2.45) is 0 Å². The highest BCUT2D eigenvalue weighted by Crippen LogP contribution is 2.32. The van der Waals surface area contributed by atoms with Crippen LogP contribution in [0.15, 0.2) is 42.5 Å². The molecule has 0 aromatic heterocycles. The van der Waals surface area contributed by atoms with Crippen LogP contribution in [0.25, 0.3) is 0 Å². The second kappa shape index (κ2) is 7.35. The molecule has 0 aliphatic heterocycles. The summed E-state index contributed by atoms with van der Waals surface area (Å²) in [5.74, 6) is 1.92. The number of methoxy groups -OCH3 is 1. The summed E-state index contributed by atoms with van der Waals surface area (Å²) in [6, 6.07) is 14.9. The second-order valence-corrected chi connectivity index (χ2v) is 6.32. The molecule has 0 bridgehead atoms. The van der Waals surface area contributed by atoms with Gasteiger partial charge in [0.25, 0.3) is 0 Å². The molecule has 0 radical (unpaired) electrons. The normalized spacial score (nSPS) is 11.0. The predicted octanol–water partition coefficient (Wildman–Crippen LogP) is 5.55. The summed E-state index contributed by atoms with van der Waals surface area (Å²) in [6.07, 6.45) is 0. The van der Waals surface area contributed by atoms with Gasteiger partial charge in [0.05, 0.1) is 7.11 Å². The van der Waals surface area contributed by atoms with Crippen molar-refractivity contribution in [2.45, 2.75) is 46.1 Å². The Kier molecular flexibility index (Phi) is 5.48. The molecule has 0 saturated heterocycles. The van der Waals surface area contributed by atoms with E-state index in [1.165, 1.54) is 22.4 Å². The lowest BCUT2D eigenvalue weighted by molar-refractivity contribution is 0.414. The molecule has 22 heavy (non-hydrogen) atoms. The molecule has 0 aliphatic rings. The molecule has 0 saturated carbocycles. The Bertz CT molecular complexity index is 573. The first-order chi connectivity index (χ1) is 10.5. The van der Waals surface area contributed by atoms with Gasteiger partial charge < -0.3 is 10.1 Å². The van der Waals surface area contributed by atoms with Gasteiger partial charge in [0.15, 0.2) is 0 Å². The molecule has 0 aliphatic carbocycles. The number of benzene rings is 2. The van der Waals surface area contributed by atoms with Crippen molar-refractivity contribution in [3.8, 4) is 5.75 Å². The smallest absolute Gasteiger partial charge is 0.118 e. The van der Waals surface area contributed by atoms with Crippen LogP contribution in [0, 0.1) is 0 Å². The fraction of sp³-hybridized carbons (Fsp3) is 0.400. The molecule has 0 heterocycles. The maximum atomic E-state index is 5.21. The molecule has 2 aromatic carbocycles. The number of para-hydroxylation sites is 1. The Morgan fingerprint density at radius 3 is 1.86 bits per heavy atom. The molecule has 2 nitrogen and oxygen atoms in total. The van der Waals surface area contributed by atoms with E-state index in [1.54, 1.807) is 7.11 Å². The number of ether oxygens (including phenoxy) is 1. The first-order valence-electron chi connectivity index (χ1n) is 8.02. The Hall–Kier alpha value is -1.96. The number of rotatable bonds is 6. The maximum Gasteiger partial charge on any atom is 0.118 e. The SMILES string of the molecule is COc1ccc(CNc2c(C(C)C)cccc2C(C)C)cc1. The molecular formula is C20H27NO. The number of anilines is 1. The largest absolute Gasteiger partial charge is 0.497 e. The second-order valence-electron chi connectivity index (χ2n) is 6.32. The minimum Gasteiger partial charge on any atom is -0.497 e. The van der Waals surface area contributed by atoms with Gasteiger partial charge in [-0.15, -0.1) is 0 Å². The van der Waals surface area contributed by atoms with Crippen LogP contribution in [0.5, 0.6) is 5.75 Å². The molecule has 2 aromatic rings. The summed E-state index contributed by atoms with van der Waals surface area (Å²) in [6.45, 7) is 9.82. The van der Waals surface area contributed by atoms with Crippen molar-refractivity contribution in [2.75, 3.05) is 12.4 Å². The molecule has 0 amide bonds. The van der Waals surface area contributed by atoms with E-state index in [4.69, 9.17) is 4.74 Å². The van der Waals surface area contributed by atoms with Gasteiger partial charge in [-0.3, -0.25) is 0 Å². The van der Waals surface area contributed by atoms with Crippen LogP contribution in [0.3, 0.4) is 0 Å². The fourth-order valence-electron chi connectivity index (χ4n) is 2.69. The van der Waals surface area contributed by atoms with Crippen LogP contribution in [0.1, 0.15) is 56.2 Å². The molecule has 0 atom stereocenters. The lowest BCUT2D eigenvalue weighted by atomic mass is 9.92. The standard InChI is InChI=1S/C20H27NO/c1-14(2)18-7-6-8-19(15(3)4)20(18)21-13-16-9-11-17(22-5)12-10-16/h6-12,14-15,21H,13H2,1-5H3. The van der Waals surface area contributed by atoms with Crippen LogP contribution in [-0.2, 0) is 6.54 Å². The Balaban J connectivity index is 2.23. The van der Waals surface area contributed by atoms with Crippen molar-refractivity contribution in [1.82, 2.24) is 0 Å². The lowest BCUT2D eigenvalue weighted by Gasteiger charge is -2.21. The average Bonchev–Trinajstić information content (AvgIpc) is 2.52. The summed E-state index contributed by atoms with van der Waals surface area (Å²) in [5, 5.41) is 3.66. The molecule has 2 heteroatoms. The number of nitrogens with one attached hydrogen (secondary N) is 1. The molecule has 0 spiro atoms. The van der Waals surface area contributed by atoms with E-state index in [-0.39, 0.29) is 0 Å². The molecule has 118 valence electrons. The monoisotopic (exact) mass is 297 g/mol. The topological polar surface area (TPSA) is 21.3 Å². The van der Waals surface area contributed by atoms with Gasteiger partial charge in [0.2, 0.25) is 0 Å². The zero-order valence-corrected chi connectivity index (χ0v) is 14.3. The van der Waals surface area contributed by atoms with Gasteiger partial charge >= 0.3 is 0 Å². The Labute approximate surface area is 134 Å². The van der Waals surface area contributed by atoms with Crippen LogP contribution in [-0.4, -0.2) is 7.11 Å². The van der Waals surface area contributed by atoms with Gasteiger partial charge in [-0.05, 0) is 40.7 Å². The van der Waals surface area contributed by atoms with Gasteiger partial charge in [-0.2, -0.15) is 0 Å². The van der Waals surface area contributed by atoms with Gasteiger partial charge in [0, 0.05) is 12.2 Å². The minimum absolute atomic E-state index is 0.511. The fourth-order valence-corrected chi connectivity index (χ4v) is 2.69. The average molecular weight is 297 g/mol. The van der Waals surface area contributed by atoms with Crippen molar-refractivity contribution < 1.29 is 4.74 Å². The van der Waals surface area contributed by atoms with E-state index in [2.05, 4.69) is 63.3 Å². The van der Waals surface area contributed by atoms with Gasteiger partial charge in [-0.1, -0.05) is 58.0 Å². The van der Waals surface area contributed by atoms with Gasteiger partial charge in [-0.25, -0.2) is 0 Å². The van der Waals surface area contributed by atoms with Crippen LogP contribution >= 0.6 is 0 Å². The highest BCUT2D eigenvalue weighted by molar-refractivity contribution is 5.60. The van der Waals surface area contributed by atoms with Crippen LogP contribution < -0.4 is 10.1 Å². The molecule has 0 fully saturated rings. The maximum absolute atomic E-state index is 5.21. The Morgan fingerprint density at radius 1 is 0.864 bits per heavy atom. The minimum atomic E-state index is 0.511. The quantitative estimate of drug-likeness (QED) is 0.754. The summed E-state index contributed by atoms with van der Waals surface area (Å²) in [7, 11) is 1.70. The number of hydrogen-bond donors (Lipinski definition) is 1. The third-order valence-electron chi connectivity index (χ3n) is 4.00. The van der Waals surface area contributed by atoms with Crippen LogP contribution in [0.4, 0.5) is 5.69 Å². The summed E-state index contributed by atoms with van der Waals surface area (Å²) in [5.41, 5.74) is 5.33. The highest BCUT2D eigenvalue weighted by atomic mass is 16.5. The Morgan fingerprint density at radius 2 is 1.41 bits per heavy atom. The zero-order valence-electron chi connectivity index (χ0n) is 14.3. The van der Waals surface area contributed by atoms with E-state index < -0.39 is 0 Å². The first kappa shape index (κ1) is 16.4. The third-order valence-corrected chi connectivity index (χ3v) is 4.00. The van der Waals surface area contributed by atoms with Crippen molar-refractivity contribution in [3.63, 3.8) is 0 Å². The molecular weight excluding hydrogens is 270 g/mol. The van der Waals surface area contributed by atoms with Crippen molar-refractivity contribution in [3.05, 3.63) is 59.2 Å². The van der Waals surface area contributed by atoms with Crippen LogP contribution in [0.2, 0.25) is 0 Å². The summed E-state index contributed by atoms with van der Waals surface area (Å²) >= 11 is 0. The first-order valence-corrected chi connectivity index (χ1v) is 8.02. The van der Waals surface area contributed by atoms with E-state index in [9.17, 15) is 0 Å². The third kappa shape index (κ3) is 3.82. The summed E-state index contributed by atoms with van der Waals surface area (Å²) in [4.78, 5) is 0. The van der Waals surface area contributed by atoms with E-state index in [0.29, 0.717) is 11.8 Å². The molecule has 2 rings (SSSR count). The summed E-state index contributed by atoms with van der Waals surface area (Å²) < 4.78 is 5.21. The zero-order chi connectivity index (χ0) is 16.1. The number of hydrogen-bond acceptors (Lipinski definition) is 2. The highest BCUT2D eigenvalue weighted by Gasteiger charge is 2.13. The van der Waals surface area contributed by atoms with E-state index in [1.807, 2.05) is 12.1 Å². The van der Waals surface area contributed by atoms with E-state index >= 15 is 0 Å². The van der Waals surface area contributed by atoms with Crippen molar-refractivity contribution in [1.29, 1.82) is 0 Å².